The molecule has 1 saturated carbocycles. The van der Waals surface area contributed by atoms with Crippen molar-refractivity contribution in [3.63, 3.8) is 0 Å². The Labute approximate surface area is 218 Å². The number of aromatic nitrogens is 2. The number of carbonyl (C=O) groups excluding carboxylic acids is 1. The normalized spacial score (nSPS) is 27.2. The van der Waals surface area contributed by atoms with Crippen molar-refractivity contribution in [3.8, 4) is 0 Å². The lowest BCUT2D eigenvalue weighted by molar-refractivity contribution is -0.125. The van der Waals surface area contributed by atoms with Gasteiger partial charge in [0.05, 0.1) is 29.8 Å². The van der Waals surface area contributed by atoms with E-state index in [-0.39, 0.29) is 24.7 Å². The van der Waals surface area contributed by atoms with Gasteiger partial charge in [0.25, 0.3) is 0 Å². The number of carbonyl (C=O) groups is 1. The van der Waals surface area contributed by atoms with Gasteiger partial charge in [-0.3, -0.25) is 4.57 Å². The molecule has 3 aromatic rings. The lowest BCUT2D eigenvalue weighted by atomic mass is 10.1. The molecule has 1 aromatic heterocycles. The molecule has 0 spiro atoms. The number of imidazole rings is 1. The first-order chi connectivity index (χ1) is 18.3. The zero-order valence-electron chi connectivity index (χ0n) is 20.4. The summed E-state index contributed by atoms with van der Waals surface area (Å²) in [4.78, 5) is 35.8. The van der Waals surface area contributed by atoms with Crippen molar-refractivity contribution < 1.29 is 33.4 Å². The third kappa shape index (κ3) is 5.54. The smallest absolute Gasteiger partial charge is 0.325 e. The van der Waals surface area contributed by atoms with Crippen LogP contribution in [0.15, 0.2) is 60.9 Å². The summed E-state index contributed by atoms with van der Waals surface area (Å²) >= 11 is 0. The summed E-state index contributed by atoms with van der Waals surface area (Å²) < 4.78 is 32.1. The van der Waals surface area contributed by atoms with Crippen molar-refractivity contribution in [3.05, 3.63) is 66.5 Å². The standard InChI is InChI=1S/C26H29N4O7P/c31-26(28-17-10-11-17)29-18-7-4-8-19-22(18)27-15-30(19)25-24-23(20(35-25)13-14-38(32,33)34)36-21(37-24)12-9-16-5-2-1-3-6-16/h1-9,12,15,17,20-21,23-25H,10-11,13-14H2,(H2,28,29,31)(H2,32,33,34)/b12-9+/t20-,21+,23?,24?,25-/m1/s1. The molecule has 2 aliphatic heterocycles. The molecule has 0 radical (unpaired) electrons. The number of amides is 2. The largest absolute Gasteiger partial charge is 0.349 e. The maximum atomic E-state index is 12.3. The Morgan fingerprint density at radius 1 is 1.08 bits per heavy atom. The van der Waals surface area contributed by atoms with Crippen LogP contribution in [0.25, 0.3) is 17.1 Å². The van der Waals surface area contributed by atoms with E-state index in [0.717, 1.165) is 23.9 Å². The first-order valence-corrected chi connectivity index (χ1v) is 14.4. The van der Waals surface area contributed by atoms with E-state index in [1.165, 1.54) is 0 Å². The summed E-state index contributed by atoms with van der Waals surface area (Å²) in [5, 5.41) is 5.78. The van der Waals surface area contributed by atoms with E-state index in [2.05, 4.69) is 15.6 Å². The molecule has 2 unspecified atom stereocenters. The van der Waals surface area contributed by atoms with E-state index < -0.39 is 38.4 Å². The van der Waals surface area contributed by atoms with Crippen molar-refractivity contribution in [2.24, 2.45) is 0 Å². The Balaban J connectivity index is 1.25. The van der Waals surface area contributed by atoms with Gasteiger partial charge in [-0.25, -0.2) is 9.78 Å². The predicted octanol–water partition coefficient (Wildman–Crippen LogP) is 3.61. The van der Waals surface area contributed by atoms with Gasteiger partial charge in [-0.2, -0.15) is 0 Å². The molecule has 2 aromatic carbocycles. The summed E-state index contributed by atoms with van der Waals surface area (Å²) in [7, 11) is -4.22. The molecule has 200 valence electrons. The Kier molecular flexibility index (Phi) is 6.81. The number of urea groups is 1. The molecule has 5 atom stereocenters. The molecular formula is C26H29N4O7P. The fourth-order valence-electron chi connectivity index (χ4n) is 4.89. The minimum atomic E-state index is -4.22. The van der Waals surface area contributed by atoms with Crippen LogP contribution in [0.2, 0.25) is 0 Å². The number of benzene rings is 2. The summed E-state index contributed by atoms with van der Waals surface area (Å²) in [6.07, 6.45) is 4.17. The molecule has 4 N–H and O–H groups in total. The molecule has 2 amide bonds. The summed E-state index contributed by atoms with van der Waals surface area (Å²) in [5.74, 6) is 0. The van der Waals surface area contributed by atoms with Crippen molar-refractivity contribution >= 4 is 36.4 Å². The van der Waals surface area contributed by atoms with Crippen molar-refractivity contribution in [2.75, 3.05) is 11.5 Å². The lowest BCUT2D eigenvalue weighted by Gasteiger charge is -2.21. The fraction of sp³-hybridized carbons (Fsp3) is 0.385. The first kappa shape index (κ1) is 25.2. The van der Waals surface area contributed by atoms with Crippen LogP contribution in [0.4, 0.5) is 10.5 Å². The molecular weight excluding hydrogens is 511 g/mol. The zero-order chi connectivity index (χ0) is 26.3. The number of para-hydroxylation sites is 1. The van der Waals surface area contributed by atoms with Gasteiger partial charge < -0.3 is 39.2 Å². The number of ether oxygens (including phenoxy) is 3. The average molecular weight is 541 g/mol. The number of anilines is 1. The van der Waals surface area contributed by atoms with Crippen molar-refractivity contribution in [1.29, 1.82) is 0 Å². The SMILES string of the molecule is O=C(Nc1cccc2c1ncn2[C@@H]1O[C@H](CCP(=O)(O)O)C2O[C@H](/C=C/c3ccccc3)OC21)NC1CC1. The van der Waals surface area contributed by atoms with E-state index in [1.54, 1.807) is 12.4 Å². The monoisotopic (exact) mass is 540 g/mol. The van der Waals surface area contributed by atoms with Crippen LogP contribution < -0.4 is 10.6 Å². The average Bonchev–Trinajstić information content (AvgIpc) is 3.30. The Bertz CT molecular complexity index is 1390. The predicted molar refractivity (Wildman–Crippen MR) is 139 cm³/mol. The number of hydrogen-bond acceptors (Lipinski definition) is 6. The van der Waals surface area contributed by atoms with Crippen LogP contribution in [0, 0.1) is 0 Å². The second-order valence-electron chi connectivity index (χ2n) is 9.78. The van der Waals surface area contributed by atoms with Crippen LogP contribution >= 0.6 is 7.60 Å². The maximum Gasteiger partial charge on any atom is 0.325 e. The minimum absolute atomic E-state index is 0.112. The number of nitrogens with one attached hydrogen (secondary N) is 2. The van der Waals surface area contributed by atoms with Crippen LogP contribution in [0.5, 0.6) is 0 Å². The second-order valence-corrected chi connectivity index (χ2v) is 11.6. The molecule has 2 saturated heterocycles. The molecule has 38 heavy (non-hydrogen) atoms. The van der Waals surface area contributed by atoms with Crippen LogP contribution in [0.3, 0.4) is 0 Å². The molecule has 11 nitrogen and oxygen atoms in total. The van der Waals surface area contributed by atoms with Gasteiger partial charge in [-0.05, 0) is 43.0 Å². The van der Waals surface area contributed by atoms with Crippen LogP contribution in [-0.4, -0.2) is 62.2 Å². The quantitative estimate of drug-likeness (QED) is 0.317. The van der Waals surface area contributed by atoms with Crippen molar-refractivity contribution in [2.45, 2.75) is 56.1 Å². The second kappa shape index (κ2) is 10.3. The van der Waals surface area contributed by atoms with E-state index in [9.17, 15) is 19.1 Å². The number of nitrogens with zero attached hydrogens (tertiary/aromatic N) is 2. The third-order valence-corrected chi connectivity index (χ3v) is 7.70. The summed E-state index contributed by atoms with van der Waals surface area (Å²) in [5.41, 5.74) is 2.88. The third-order valence-electron chi connectivity index (χ3n) is 6.86. The van der Waals surface area contributed by atoms with Gasteiger partial charge in [0, 0.05) is 6.04 Å². The topological polar surface area (TPSA) is 144 Å². The lowest BCUT2D eigenvalue weighted by Crippen LogP contribution is -2.30. The van der Waals surface area contributed by atoms with Gasteiger partial charge in [0.2, 0.25) is 0 Å². The Morgan fingerprint density at radius 2 is 1.87 bits per heavy atom. The van der Waals surface area contributed by atoms with E-state index in [0.29, 0.717) is 11.2 Å². The van der Waals surface area contributed by atoms with Crippen molar-refractivity contribution in [1.82, 2.24) is 14.9 Å². The van der Waals surface area contributed by atoms with Gasteiger partial charge in [0.1, 0.15) is 17.7 Å². The van der Waals surface area contributed by atoms with E-state index in [4.69, 9.17) is 14.2 Å². The summed E-state index contributed by atoms with van der Waals surface area (Å²) in [6.45, 7) is 0. The molecule has 12 heteroatoms. The highest BCUT2D eigenvalue weighted by Crippen LogP contribution is 2.44. The van der Waals surface area contributed by atoms with Crippen LogP contribution in [-0.2, 0) is 18.8 Å². The van der Waals surface area contributed by atoms with Crippen LogP contribution in [0.1, 0.15) is 31.1 Å². The Morgan fingerprint density at radius 3 is 2.63 bits per heavy atom. The molecule has 3 fully saturated rings. The van der Waals surface area contributed by atoms with E-state index in [1.807, 2.05) is 59.2 Å². The fourth-order valence-corrected chi connectivity index (χ4v) is 5.48. The first-order valence-electron chi connectivity index (χ1n) is 12.6. The van der Waals surface area contributed by atoms with Gasteiger partial charge >= 0.3 is 13.6 Å². The zero-order valence-corrected chi connectivity index (χ0v) is 21.3. The number of hydrogen-bond donors (Lipinski definition) is 4. The number of fused-ring (bicyclic) bond motifs is 2. The van der Waals surface area contributed by atoms with Gasteiger partial charge in [0.15, 0.2) is 12.5 Å². The van der Waals surface area contributed by atoms with E-state index >= 15 is 0 Å². The maximum absolute atomic E-state index is 12.3. The summed E-state index contributed by atoms with van der Waals surface area (Å²) in [6, 6.07) is 15.2. The highest BCUT2D eigenvalue weighted by Gasteiger charge is 2.53. The minimum Gasteiger partial charge on any atom is -0.349 e. The molecule has 3 aliphatic rings. The molecule has 6 rings (SSSR count). The molecule has 3 heterocycles. The Hall–Kier alpha value is -3.05. The molecule has 1 aliphatic carbocycles. The highest BCUT2D eigenvalue weighted by molar-refractivity contribution is 7.51. The van der Waals surface area contributed by atoms with Gasteiger partial charge in [-0.1, -0.05) is 42.5 Å². The molecule has 0 bridgehead atoms. The van der Waals surface area contributed by atoms with Gasteiger partial charge in [-0.15, -0.1) is 0 Å². The highest BCUT2D eigenvalue weighted by atomic mass is 31.2. The number of rotatable bonds is 8.